The van der Waals surface area contributed by atoms with Gasteiger partial charge in [-0.05, 0) is 85.0 Å². The van der Waals surface area contributed by atoms with E-state index < -0.39 is 0 Å². The zero-order valence-corrected chi connectivity index (χ0v) is 22.7. The Labute approximate surface area is 216 Å². The highest BCUT2D eigenvalue weighted by Crippen LogP contribution is 2.39. The molecule has 4 rings (SSSR count). The molecule has 1 nitrogen and oxygen atoms in total. The number of unbranched alkanes of at least 4 members (excludes halogenated alkanes) is 5. The third-order valence-electron chi connectivity index (χ3n) is 8.90. The minimum atomic E-state index is 0.288. The molecule has 2 fully saturated rings. The fourth-order valence-corrected chi connectivity index (χ4v) is 6.46. The number of hydrogen-bond donors (Lipinski definition) is 0. The average molecular weight is 475 g/mol. The van der Waals surface area contributed by atoms with Crippen molar-refractivity contribution in [1.82, 2.24) is 0 Å². The summed E-state index contributed by atoms with van der Waals surface area (Å²) in [5.74, 6) is 2.53. The second-order valence-electron chi connectivity index (χ2n) is 11.6. The molecule has 2 unspecified atom stereocenters. The van der Waals surface area contributed by atoms with Crippen LogP contribution in [0.5, 0.6) is 0 Å². The van der Waals surface area contributed by atoms with Crippen LogP contribution in [0.3, 0.4) is 0 Å². The number of ether oxygens (including phenoxy) is 1. The lowest BCUT2D eigenvalue weighted by Crippen LogP contribution is -2.20. The summed E-state index contributed by atoms with van der Waals surface area (Å²) in [6.07, 6.45) is 20.9. The number of hydrogen-bond acceptors (Lipinski definition) is 1. The van der Waals surface area contributed by atoms with Crippen molar-refractivity contribution in [2.24, 2.45) is 11.8 Å². The van der Waals surface area contributed by atoms with Gasteiger partial charge in [0.1, 0.15) is 0 Å². The van der Waals surface area contributed by atoms with E-state index in [0.717, 1.165) is 24.4 Å². The molecule has 1 aliphatic carbocycles. The molecule has 2 aliphatic rings. The third-order valence-corrected chi connectivity index (χ3v) is 8.90. The summed E-state index contributed by atoms with van der Waals surface area (Å²) in [6.45, 7) is 5.53. The molecule has 1 heteroatoms. The van der Waals surface area contributed by atoms with Crippen LogP contribution in [0.1, 0.15) is 133 Å². The molecular formula is C34H50O. The van der Waals surface area contributed by atoms with Gasteiger partial charge in [-0.2, -0.15) is 0 Å². The first-order valence-corrected chi connectivity index (χ1v) is 15.1. The van der Waals surface area contributed by atoms with Gasteiger partial charge >= 0.3 is 0 Å². The third kappa shape index (κ3) is 7.94. The van der Waals surface area contributed by atoms with E-state index in [-0.39, 0.29) is 6.10 Å². The van der Waals surface area contributed by atoms with E-state index in [1.54, 1.807) is 5.56 Å². The van der Waals surface area contributed by atoms with Gasteiger partial charge in [0.05, 0.1) is 12.7 Å². The molecule has 2 atom stereocenters. The minimum absolute atomic E-state index is 0.288. The molecule has 0 amide bonds. The molecular weight excluding hydrogens is 424 g/mol. The van der Waals surface area contributed by atoms with Gasteiger partial charge < -0.3 is 4.74 Å². The fourth-order valence-electron chi connectivity index (χ4n) is 6.46. The van der Waals surface area contributed by atoms with Crippen molar-refractivity contribution in [3.05, 3.63) is 59.7 Å². The van der Waals surface area contributed by atoms with E-state index in [2.05, 4.69) is 62.4 Å². The molecule has 0 radical (unpaired) electrons. The Balaban J connectivity index is 1.23. The number of benzene rings is 2. The van der Waals surface area contributed by atoms with Gasteiger partial charge in [-0.3, -0.25) is 0 Å². The smallest absolute Gasteiger partial charge is 0.0825 e. The summed E-state index contributed by atoms with van der Waals surface area (Å²) in [6, 6.07) is 18.7. The van der Waals surface area contributed by atoms with Crippen LogP contribution in [0, 0.1) is 11.8 Å². The summed E-state index contributed by atoms with van der Waals surface area (Å²) < 4.78 is 6.28. The molecule has 0 bridgehead atoms. The Morgan fingerprint density at radius 2 is 1.11 bits per heavy atom. The van der Waals surface area contributed by atoms with E-state index >= 15 is 0 Å². The zero-order chi connectivity index (χ0) is 24.3. The first-order chi connectivity index (χ1) is 17.3. The topological polar surface area (TPSA) is 9.23 Å². The summed E-state index contributed by atoms with van der Waals surface area (Å²) in [5.41, 5.74) is 5.57. The largest absolute Gasteiger partial charge is 0.373 e. The Morgan fingerprint density at radius 1 is 0.571 bits per heavy atom. The summed E-state index contributed by atoms with van der Waals surface area (Å²) >= 11 is 0. The van der Waals surface area contributed by atoms with Crippen molar-refractivity contribution in [3.8, 4) is 11.1 Å². The predicted molar refractivity (Wildman–Crippen MR) is 151 cm³/mol. The molecule has 0 spiro atoms. The van der Waals surface area contributed by atoms with Crippen LogP contribution in [-0.2, 0) is 4.74 Å². The lowest BCUT2D eigenvalue weighted by molar-refractivity contribution is -0.0198. The quantitative estimate of drug-likeness (QED) is 0.278. The van der Waals surface area contributed by atoms with E-state index in [1.165, 1.54) is 113 Å². The second-order valence-corrected chi connectivity index (χ2v) is 11.6. The van der Waals surface area contributed by atoms with Crippen molar-refractivity contribution >= 4 is 0 Å². The molecule has 1 heterocycles. The van der Waals surface area contributed by atoms with Crippen LogP contribution in [0.25, 0.3) is 11.1 Å². The Morgan fingerprint density at radius 3 is 1.71 bits per heavy atom. The molecule has 1 aliphatic heterocycles. The van der Waals surface area contributed by atoms with Gasteiger partial charge in [0.15, 0.2) is 0 Å². The first-order valence-electron chi connectivity index (χ1n) is 15.1. The van der Waals surface area contributed by atoms with Crippen LogP contribution >= 0.6 is 0 Å². The Bertz CT molecular complexity index is 820. The SMILES string of the molecule is CCCCCC[C@H]1CC[C@H](c2ccc(-c3ccc(C4CCC(CCCCC)CO4)cc3)cc2)CC1. The van der Waals surface area contributed by atoms with Gasteiger partial charge in [0.25, 0.3) is 0 Å². The maximum atomic E-state index is 6.28. The minimum Gasteiger partial charge on any atom is -0.373 e. The maximum absolute atomic E-state index is 6.28. The second kappa shape index (κ2) is 14.2. The molecule has 1 saturated heterocycles. The molecule has 0 aromatic heterocycles. The standard InChI is InChI=1S/C34H50O/c1-3-5-7-9-10-27-12-15-29(16-13-27)30-17-19-31(20-18-30)32-21-23-33(24-22-32)34-25-14-28(26-35-34)11-8-6-4-2/h17-24,27-29,34H,3-16,25-26H2,1-2H3/t27-,28?,29-,34?. The van der Waals surface area contributed by atoms with Gasteiger partial charge in [-0.25, -0.2) is 0 Å². The van der Waals surface area contributed by atoms with Crippen molar-refractivity contribution in [3.63, 3.8) is 0 Å². The fraction of sp³-hybridized carbons (Fsp3) is 0.647. The molecule has 0 N–H and O–H groups in total. The lowest BCUT2D eigenvalue weighted by atomic mass is 9.77. The van der Waals surface area contributed by atoms with Crippen LogP contribution in [-0.4, -0.2) is 6.61 Å². The highest BCUT2D eigenvalue weighted by molar-refractivity contribution is 5.64. The summed E-state index contributed by atoms with van der Waals surface area (Å²) in [5, 5.41) is 0. The predicted octanol–water partition coefficient (Wildman–Crippen LogP) is 10.6. The number of rotatable bonds is 12. The average Bonchev–Trinajstić information content (AvgIpc) is 2.92. The van der Waals surface area contributed by atoms with Crippen LogP contribution < -0.4 is 0 Å². The van der Waals surface area contributed by atoms with Crippen molar-refractivity contribution in [2.45, 2.75) is 122 Å². The monoisotopic (exact) mass is 474 g/mol. The molecule has 192 valence electrons. The van der Waals surface area contributed by atoms with E-state index in [4.69, 9.17) is 4.74 Å². The molecule has 2 aromatic carbocycles. The van der Waals surface area contributed by atoms with E-state index in [0.29, 0.717) is 0 Å². The first kappa shape index (κ1) is 26.5. The lowest BCUT2D eigenvalue weighted by Gasteiger charge is -2.29. The maximum Gasteiger partial charge on any atom is 0.0825 e. The normalized spacial score (nSPS) is 25.0. The molecule has 2 aromatic rings. The van der Waals surface area contributed by atoms with Crippen molar-refractivity contribution in [2.75, 3.05) is 6.61 Å². The highest BCUT2D eigenvalue weighted by atomic mass is 16.5. The molecule has 35 heavy (non-hydrogen) atoms. The zero-order valence-electron chi connectivity index (χ0n) is 22.7. The van der Waals surface area contributed by atoms with Crippen molar-refractivity contribution in [1.29, 1.82) is 0 Å². The van der Waals surface area contributed by atoms with Crippen molar-refractivity contribution < 1.29 is 4.74 Å². The van der Waals surface area contributed by atoms with Gasteiger partial charge in [-0.15, -0.1) is 0 Å². The van der Waals surface area contributed by atoms with Crippen LogP contribution in [0.2, 0.25) is 0 Å². The summed E-state index contributed by atoms with van der Waals surface area (Å²) in [4.78, 5) is 0. The van der Waals surface area contributed by atoms with Crippen LogP contribution in [0.15, 0.2) is 48.5 Å². The Hall–Kier alpha value is -1.60. The van der Waals surface area contributed by atoms with Crippen LogP contribution in [0.4, 0.5) is 0 Å². The highest BCUT2D eigenvalue weighted by Gasteiger charge is 2.23. The Kier molecular flexibility index (Phi) is 10.8. The van der Waals surface area contributed by atoms with Gasteiger partial charge in [0.2, 0.25) is 0 Å². The molecule has 1 saturated carbocycles. The summed E-state index contributed by atoms with van der Waals surface area (Å²) in [7, 11) is 0. The van der Waals surface area contributed by atoms with Gasteiger partial charge in [-0.1, -0.05) is 114 Å². The van der Waals surface area contributed by atoms with E-state index in [1.807, 2.05) is 0 Å². The van der Waals surface area contributed by atoms with E-state index in [9.17, 15) is 0 Å². The van der Waals surface area contributed by atoms with Gasteiger partial charge in [0, 0.05) is 0 Å².